The number of aryl methyl sites for hydroxylation is 1. The van der Waals surface area contributed by atoms with Gasteiger partial charge in [0.05, 0.1) is 12.6 Å². The molecule has 1 N–H and O–H groups in total. The van der Waals surface area contributed by atoms with Crippen molar-refractivity contribution in [1.82, 2.24) is 0 Å². The fraction of sp³-hybridized carbons (Fsp3) is 0.368. The molecule has 1 atom stereocenters. The highest BCUT2D eigenvalue weighted by Gasteiger charge is 2.05. The normalized spacial score (nSPS) is 12.0. The number of ether oxygens (including phenoxy) is 2. The fourth-order valence-corrected chi connectivity index (χ4v) is 2.10. The van der Waals surface area contributed by atoms with E-state index >= 15 is 0 Å². The zero-order valence-corrected chi connectivity index (χ0v) is 13.8. The van der Waals surface area contributed by atoms with Crippen molar-refractivity contribution in [2.45, 2.75) is 39.9 Å². The summed E-state index contributed by atoms with van der Waals surface area (Å²) in [5, 5.41) is 3.38. The lowest BCUT2D eigenvalue weighted by Crippen LogP contribution is -2.22. The molecule has 0 saturated heterocycles. The van der Waals surface area contributed by atoms with Crippen molar-refractivity contribution >= 4 is 5.69 Å². The second-order valence-corrected chi connectivity index (χ2v) is 5.82. The minimum atomic E-state index is 0.0809. The molecule has 0 radical (unpaired) electrons. The Morgan fingerprint density at radius 2 is 1.64 bits per heavy atom. The van der Waals surface area contributed by atoms with Crippen LogP contribution in [0.25, 0.3) is 0 Å². The van der Waals surface area contributed by atoms with Gasteiger partial charge in [-0.25, -0.2) is 0 Å². The van der Waals surface area contributed by atoms with Crippen molar-refractivity contribution in [2.75, 3.05) is 11.9 Å². The molecule has 3 heteroatoms. The first-order valence-electron chi connectivity index (χ1n) is 7.77. The van der Waals surface area contributed by atoms with Crippen LogP contribution in [0.15, 0.2) is 48.5 Å². The summed E-state index contributed by atoms with van der Waals surface area (Å²) in [5.74, 6) is 1.78. The summed E-state index contributed by atoms with van der Waals surface area (Å²) in [6.45, 7) is 8.91. The van der Waals surface area contributed by atoms with Crippen molar-refractivity contribution < 1.29 is 9.47 Å². The van der Waals surface area contributed by atoms with E-state index in [4.69, 9.17) is 9.47 Å². The summed E-state index contributed by atoms with van der Waals surface area (Å²) in [6, 6.07) is 16.1. The Morgan fingerprint density at radius 1 is 0.909 bits per heavy atom. The first-order chi connectivity index (χ1) is 10.5. The largest absolute Gasteiger partial charge is 0.491 e. The van der Waals surface area contributed by atoms with E-state index in [-0.39, 0.29) is 12.2 Å². The lowest BCUT2D eigenvalue weighted by Gasteiger charge is -2.17. The Bertz CT molecular complexity index is 578. The quantitative estimate of drug-likeness (QED) is 0.806. The van der Waals surface area contributed by atoms with E-state index in [1.165, 1.54) is 5.56 Å². The van der Waals surface area contributed by atoms with Crippen LogP contribution >= 0.6 is 0 Å². The predicted octanol–water partition coefficient (Wildman–Crippen LogP) is 4.66. The van der Waals surface area contributed by atoms with Gasteiger partial charge in [-0.15, -0.1) is 0 Å². The van der Waals surface area contributed by atoms with Gasteiger partial charge in [0.15, 0.2) is 0 Å². The van der Waals surface area contributed by atoms with E-state index in [0.717, 1.165) is 23.7 Å². The van der Waals surface area contributed by atoms with E-state index in [0.29, 0.717) is 0 Å². The summed E-state index contributed by atoms with van der Waals surface area (Å²) in [4.78, 5) is 0. The Kier molecular flexibility index (Phi) is 5.70. The molecular formula is C19H25NO2. The molecule has 0 aliphatic heterocycles. The number of benzene rings is 2. The van der Waals surface area contributed by atoms with Gasteiger partial charge < -0.3 is 14.8 Å². The van der Waals surface area contributed by atoms with E-state index in [1.807, 2.05) is 50.2 Å². The molecule has 0 aliphatic rings. The maximum absolute atomic E-state index is 5.89. The molecule has 0 heterocycles. The van der Waals surface area contributed by atoms with Gasteiger partial charge in [0.2, 0.25) is 0 Å². The Hall–Kier alpha value is -2.16. The molecule has 0 fully saturated rings. The van der Waals surface area contributed by atoms with Crippen LogP contribution in [0.5, 0.6) is 11.5 Å². The fourth-order valence-electron chi connectivity index (χ4n) is 2.10. The third kappa shape index (κ3) is 5.32. The molecule has 22 heavy (non-hydrogen) atoms. The van der Waals surface area contributed by atoms with E-state index < -0.39 is 0 Å². The van der Waals surface area contributed by atoms with Gasteiger partial charge in [0.25, 0.3) is 0 Å². The first kappa shape index (κ1) is 16.2. The molecule has 0 unspecified atom stereocenters. The summed E-state index contributed by atoms with van der Waals surface area (Å²) in [7, 11) is 0. The van der Waals surface area contributed by atoms with Gasteiger partial charge in [0.1, 0.15) is 17.6 Å². The molecule has 2 rings (SSSR count). The van der Waals surface area contributed by atoms with Crippen molar-refractivity contribution in [2.24, 2.45) is 0 Å². The minimum absolute atomic E-state index is 0.0809. The Morgan fingerprint density at radius 3 is 2.32 bits per heavy atom. The lowest BCUT2D eigenvalue weighted by atomic mass is 10.2. The maximum Gasteiger partial charge on any atom is 0.121 e. The van der Waals surface area contributed by atoms with Gasteiger partial charge in [-0.3, -0.25) is 0 Å². The zero-order valence-electron chi connectivity index (χ0n) is 13.8. The van der Waals surface area contributed by atoms with Crippen LogP contribution in [0, 0.1) is 6.92 Å². The molecule has 2 aromatic carbocycles. The van der Waals surface area contributed by atoms with Gasteiger partial charge in [0, 0.05) is 11.8 Å². The highest BCUT2D eigenvalue weighted by atomic mass is 16.5. The summed E-state index contributed by atoms with van der Waals surface area (Å²) < 4.78 is 11.6. The number of rotatable bonds is 7. The van der Waals surface area contributed by atoms with Crippen molar-refractivity contribution in [3.63, 3.8) is 0 Å². The molecule has 0 amide bonds. The van der Waals surface area contributed by atoms with Crippen LogP contribution in [0.2, 0.25) is 0 Å². The maximum atomic E-state index is 5.89. The summed E-state index contributed by atoms with van der Waals surface area (Å²) in [6.07, 6.45) is 0.261. The molecule has 0 bridgehead atoms. The summed E-state index contributed by atoms with van der Waals surface area (Å²) >= 11 is 0. The average molecular weight is 299 g/mol. The molecule has 3 nitrogen and oxygen atoms in total. The van der Waals surface area contributed by atoms with Crippen LogP contribution in [0.1, 0.15) is 26.3 Å². The molecule has 118 valence electrons. The van der Waals surface area contributed by atoms with Gasteiger partial charge in [-0.05, 0) is 52.0 Å². The molecule has 0 aromatic heterocycles. The van der Waals surface area contributed by atoms with Gasteiger partial charge in [-0.2, -0.15) is 0 Å². The second kappa shape index (κ2) is 7.74. The lowest BCUT2D eigenvalue weighted by molar-refractivity contribution is 0.234. The van der Waals surface area contributed by atoms with Gasteiger partial charge >= 0.3 is 0 Å². The minimum Gasteiger partial charge on any atom is -0.491 e. The smallest absolute Gasteiger partial charge is 0.121 e. The van der Waals surface area contributed by atoms with Gasteiger partial charge in [-0.1, -0.05) is 23.8 Å². The number of nitrogens with one attached hydrogen (secondary N) is 1. The number of anilines is 1. The van der Waals surface area contributed by atoms with E-state index in [2.05, 4.69) is 31.3 Å². The van der Waals surface area contributed by atoms with Crippen molar-refractivity contribution in [3.8, 4) is 11.5 Å². The Labute approximate surface area is 133 Å². The predicted molar refractivity (Wildman–Crippen MR) is 92.0 cm³/mol. The van der Waals surface area contributed by atoms with Crippen LogP contribution < -0.4 is 14.8 Å². The van der Waals surface area contributed by atoms with Crippen LogP contribution in [0.4, 0.5) is 5.69 Å². The van der Waals surface area contributed by atoms with Crippen molar-refractivity contribution in [1.29, 1.82) is 0 Å². The average Bonchev–Trinajstić information content (AvgIpc) is 2.47. The molecule has 0 aliphatic carbocycles. The SMILES string of the molecule is Cc1ccc(O[C@H](C)CNc2cccc(OC(C)C)c2)cc1. The van der Waals surface area contributed by atoms with Crippen molar-refractivity contribution in [3.05, 3.63) is 54.1 Å². The topological polar surface area (TPSA) is 30.5 Å². The van der Waals surface area contributed by atoms with Crippen LogP contribution in [-0.4, -0.2) is 18.8 Å². The molecule has 0 saturated carbocycles. The standard InChI is InChI=1S/C19H25NO2/c1-14(2)21-19-7-5-6-17(12-19)20-13-16(4)22-18-10-8-15(3)9-11-18/h5-12,14,16,20H,13H2,1-4H3/t16-/m1/s1. The monoisotopic (exact) mass is 299 g/mol. The highest BCUT2D eigenvalue weighted by Crippen LogP contribution is 2.19. The number of hydrogen-bond acceptors (Lipinski definition) is 3. The molecular weight excluding hydrogens is 274 g/mol. The third-order valence-corrected chi connectivity index (χ3v) is 3.16. The third-order valence-electron chi connectivity index (χ3n) is 3.16. The zero-order chi connectivity index (χ0) is 15.9. The number of hydrogen-bond donors (Lipinski definition) is 1. The molecule has 2 aromatic rings. The first-order valence-corrected chi connectivity index (χ1v) is 7.77. The second-order valence-electron chi connectivity index (χ2n) is 5.82. The van der Waals surface area contributed by atoms with E-state index in [1.54, 1.807) is 0 Å². The van der Waals surface area contributed by atoms with E-state index in [9.17, 15) is 0 Å². The van der Waals surface area contributed by atoms with Crippen LogP contribution in [0.3, 0.4) is 0 Å². The molecule has 0 spiro atoms. The summed E-state index contributed by atoms with van der Waals surface area (Å²) in [5.41, 5.74) is 2.28. The Balaban J connectivity index is 1.85. The highest BCUT2D eigenvalue weighted by molar-refractivity contribution is 5.48. The van der Waals surface area contributed by atoms with Crippen LogP contribution in [-0.2, 0) is 0 Å².